The van der Waals surface area contributed by atoms with Crippen molar-refractivity contribution in [3.8, 4) is 6.07 Å². The van der Waals surface area contributed by atoms with E-state index >= 15 is 0 Å². The molecule has 1 aliphatic carbocycles. The zero-order valence-electron chi connectivity index (χ0n) is 9.40. The Labute approximate surface area is 95.5 Å². The predicted molar refractivity (Wildman–Crippen MR) is 63.8 cm³/mol. The number of nitrogens with one attached hydrogen (secondary N) is 1. The van der Waals surface area contributed by atoms with Gasteiger partial charge < -0.3 is 11.1 Å². The third kappa shape index (κ3) is 2.25. The molecule has 0 spiro atoms. The van der Waals surface area contributed by atoms with Gasteiger partial charge in [0.15, 0.2) is 5.69 Å². The van der Waals surface area contributed by atoms with Crippen LogP contribution in [0.3, 0.4) is 0 Å². The van der Waals surface area contributed by atoms with E-state index < -0.39 is 0 Å². The third-order valence-corrected chi connectivity index (χ3v) is 3.08. The minimum atomic E-state index is 0.302. The monoisotopic (exact) mass is 216 g/mol. The van der Waals surface area contributed by atoms with Crippen molar-refractivity contribution in [2.75, 3.05) is 11.1 Å². The second kappa shape index (κ2) is 4.40. The molecule has 3 N–H and O–H groups in total. The Balaban J connectivity index is 2.08. The molecular weight excluding hydrogens is 200 g/mol. The lowest BCUT2D eigenvalue weighted by Crippen LogP contribution is -2.16. The van der Waals surface area contributed by atoms with Gasteiger partial charge in [-0.25, -0.2) is 4.98 Å². The van der Waals surface area contributed by atoms with Crippen LogP contribution >= 0.6 is 0 Å². The molecule has 4 heteroatoms. The van der Waals surface area contributed by atoms with Crippen molar-refractivity contribution < 1.29 is 0 Å². The molecule has 0 amide bonds. The standard InChI is InChI=1S/C12H16N4/c1-8-2-3-9(6-8)15-12-5-4-10(14)11(7-13)16-12/h4-5,8-9H,2-3,6,14H2,1H3,(H,15,16). The topological polar surface area (TPSA) is 74.7 Å². The van der Waals surface area contributed by atoms with Crippen LogP contribution in [0.4, 0.5) is 11.5 Å². The first kappa shape index (κ1) is 10.7. The minimum Gasteiger partial charge on any atom is -0.396 e. The fourth-order valence-electron chi connectivity index (χ4n) is 2.19. The number of hydrogen-bond acceptors (Lipinski definition) is 4. The van der Waals surface area contributed by atoms with E-state index in [0.717, 1.165) is 11.7 Å². The minimum absolute atomic E-state index is 0.302. The summed E-state index contributed by atoms with van der Waals surface area (Å²) in [7, 11) is 0. The smallest absolute Gasteiger partial charge is 0.165 e. The molecule has 0 saturated heterocycles. The largest absolute Gasteiger partial charge is 0.396 e. The summed E-state index contributed by atoms with van der Waals surface area (Å²) in [5.41, 5.74) is 6.36. The molecular formula is C12H16N4. The van der Waals surface area contributed by atoms with Crippen molar-refractivity contribution in [1.29, 1.82) is 5.26 Å². The van der Waals surface area contributed by atoms with Crippen LogP contribution in [0.25, 0.3) is 0 Å². The van der Waals surface area contributed by atoms with E-state index in [2.05, 4.69) is 17.2 Å². The highest BCUT2D eigenvalue weighted by Crippen LogP contribution is 2.27. The van der Waals surface area contributed by atoms with Gasteiger partial charge in [0.05, 0.1) is 5.69 Å². The van der Waals surface area contributed by atoms with Crippen molar-refractivity contribution in [2.45, 2.75) is 32.2 Å². The SMILES string of the molecule is CC1CCC(Nc2ccc(N)c(C#N)n2)C1. The van der Waals surface area contributed by atoms with Gasteiger partial charge in [-0.2, -0.15) is 5.26 Å². The number of aromatic nitrogens is 1. The molecule has 84 valence electrons. The Hall–Kier alpha value is -1.76. The first-order valence-electron chi connectivity index (χ1n) is 5.62. The van der Waals surface area contributed by atoms with Crippen molar-refractivity contribution in [1.82, 2.24) is 4.98 Å². The molecule has 0 aliphatic heterocycles. The van der Waals surface area contributed by atoms with Crippen molar-refractivity contribution >= 4 is 11.5 Å². The van der Waals surface area contributed by atoms with Crippen molar-refractivity contribution in [2.24, 2.45) is 5.92 Å². The van der Waals surface area contributed by atoms with Gasteiger partial charge in [0, 0.05) is 6.04 Å². The number of nitriles is 1. The zero-order chi connectivity index (χ0) is 11.5. The summed E-state index contributed by atoms with van der Waals surface area (Å²) >= 11 is 0. The lowest BCUT2D eigenvalue weighted by Gasteiger charge is -2.13. The van der Waals surface area contributed by atoms with E-state index in [4.69, 9.17) is 11.0 Å². The van der Waals surface area contributed by atoms with Gasteiger partial charge in [-0.3, -0.25) is 0 Å². The Morgan fingerprint density at radius 1 is 1.50 bits per heavy atom. The molecule has 1 aromatic rings. The highest BCUT2D eigenvalue weighted by atomic mass is 15.0. The van der Waals surface area contributed by atoms with E-state index in [-0.39, 0.29) is 0 Å². The maximum Gasteiger partial charge on any atom is 0.165 e. The number of nitrogens with zero attached hydrogens (tertiary/aromatic N) is 2. The molecule has 2 unspecified atom stereocenters. The normalized spacial score (nSPS) is 24.0. The van der Waals surface area contributed by atoms with Crippen LogP contribution in [0.5, 0.6) is 0 Å². The van der Waals surface area contributed by atoms with Gasteiger partial charge in [0.25, 0.3) is 0 Å². The summed E-state index contributed by atoms with van der Waals surface area (Å²) in [5.74, 6) is 1.53. The van der Waals surface area contributed by atoms with Gasteiger partial charge in [-0.05, 0) is 37.3 Å². The molecule has 1 aliphatic rings. The highest BCUT2D eigenvalue weighted by Gasteiger charge is 2.21. The van der Waals surface area contributed by atoms with Crippen LogP contribution in [-0.2, 0) is 0 Å². The predicted octanol–water partition coefficient (Wildman–Crippen LogP) is 2.14. The molecule has 1 heterocycles. The molecule has 0 radical (unpaired) electrons. The highest BCUT2D eigenvalue weighted by molar-refractivity contribution is 5.54. The molecule has 1 fully saturated rings. The summed E-state index contributed by atoms with van der Waals surface area (Å²) in [6, 6.07) is 6.04. The van der Waals surface area contributed by atoms with Crippen LogP contribution < -0.4 is 11.1 Å². The maximum atomic E-state index is 8.83. The number of anilines is 2. The summed E-state index contributed by atoms with van der Waals surface area (Å²) in [4.78, 5) is 4.18. The number of hydrogen-bond donors (Lipinski definition) is 2. The molecule has 16 heavy (non-hydrogen) atoms. The Kier molecular flexibility index (Phi) is 2.95. The molecule has 0 bridgehead atoms. The van der Waals surface area contributed by atoms with Crippen molar-refractivity contribution in [3.05, 3.63) is 17.8 Å². The van der Waals surface area contributed by atoms with E-state index in [1.54, 1.807) is 6.07 Å². The van der Waals surface area contributed by atoms with E-state index in [0.29, 0.717) is 17.4 Å². The zero-order valence-corrected chi connectivity index (χ0v) is 9.40. The number of rotatable bonds is 2. The van der Waals surface area contributed by atoms with Gasteiger partial charge >= 0.3 is 0 Å². The van der Waals surface area contributed by atoms with E-state index in [1.165, 1.54) is 19.3 Å². The first-order valence-corrected chi connectivity index (χ1v) is 5.62. The fraction of sp³-hybridized carbons (Fsp3) is 0.500. The Bertz CT molecular complexity index is 422. The second-order valence-electron chi connectivity index (χ2n) is 4.51. The third-order valence-electron chi connectivity index (χ3n) is 3.08. The van der Waals surface area contributed by atoms with E-state index in [9.17, 15) is 0 Å². The van der Waals surface area contributed by atoms with Gasteiger partial charge in [0.2, 0.25) is 0 Å². The average Bonchev–Trinajstić information content (AvgIpc) is 2.67. The summed E-state index contributed by atoms with van der Waals surface area (Å²) in [6.07, 6.45) is 3.61. The van der Waals surface area contributed by atoms with Gasteiger partial charge in [-0.1, -0.05) is 6.92 Å². The summed E-state index contributed by atoms with van der Waals surface area (Å²) in [6.45, 7) is 2.26. The summed E-state index contributed by atoms with van der Waals surface area (Å²) < 4.78 is 0. The lowest BCUT2D eigenvalue weighted by molar-refractivity contribution is 0.602. The summed E-state index contributed by atoms with van der Waals surface area (Å²) in [5, 5.41) is 12.2. The number of nitrogen functional groups attached to an aromatic ring is 1. The Morgan fingerprint density at radius 2 is 2.31 bits per heavy atom. The molecule has 1 aromatic heterocycles. The fourth-order valence-corrected chi connectivity index (χ4v) is 2.19. The van der Waals surface area contributed by atoms with Gasteiger partial charge in [0.1, 0.15) is 11.9 Å². The molecule has 4 nitrogen and oxygen atoms in total. The van der Waals surface area contributed by atoms with Crippen LogP contribution in [0.1, 0.15) is 31.9 Å². The number of pyridine rings is 1. The van der Waals surface area contributed by atoms with Crippen molar-refractivity contribution in [3.63, 3.8) is 0 Å². The molecule has 1 saturated carbocycles. The molecule has 0 aromatic carbocycles. The van der Waals surface area contributed by atoms with Crippen LogP contribution in [-0.4, -0.2) is 11.0 Å². The van der Waals surface area contributed by atoms with Crippen LogP contribution in [0.15, 0.2) is 12.1 Å². The lowest BCUT2D eigenvalue weighted by atomic mass is 10.1. The molecule has 2 rings (SSSR count). The van der Waals surface area contributed by atoms with E-state index in [1.807, 2.05) is 12.1 Å². The average molecular weight is 216 g/mol. The Morgan fingerprint density at radius 3 is 2.94 bits per heavy atom. The maximum absolute atomic E-state index is 8.83. The number of nitrogens with two attached hydrogens (primary N) is 1. The van der Waals surface area contributed by atoms with Crippen LogP contribution in [0, 0.1) is 17.2 Å². The molecule has 2 atom stereocenters. The van der Waals surface area contributed by atoms with Gasteiger partial charge in [-0.15, -0.1) is 0 Å². The second-order valence-corrected chi connectivity index (χ2v) is 4.51. The first-order chi connectivity index (χ1) is 7.69. The quantitative estimate of drug-likeness (QED) is 0.794. The van der Waals surface area contributed by atoms with Crippen LogP contribution in [0.2, 0.25) is 0 Å².